The molecule has 0 bridgehead atoms. The first kappa shape index (κ1) is 17.1. The minimum atomic E-state index is 0.730. The maximum absolute atomic E-state index is 5.17. The molecule has 0 radical (unpaired) electrons. The van der Waals surface area contributed by atoms with Gasteiger partial charge in [0.1, 0.15) is 0 Å². The smallest absolute Gasteiger partial charge is 0.0949 e. The van der Waals surface area contributed by atoms with Gasteiger partial charge in [0.05, 0.1) is 18.6 Å². The third kappa shape index (κ3) is 4.66. The molecule has 24 heavy (non-hydrogen) atoms. The van der Waals surface area contributed by atoms with Crippen molar-refractivity contribution in [2.24, 2.45) is 0 Å². The van der Waals surface area contributed by atoms with Crippen LogP contribution < -0.4 is 0 Å². The lowest BCUT2D eigenvalue weighted by atomic mass is 10.1. The van der Waals surface area contributed by atoms with Crippen LogP contribution in [0.15, 0.2) is 36.8 Å². The summed E-state index contributed by atoms with van der Waals surface area (Å²) in [7, 11) is 1.74. The number of aromatic nitrogens is 2. The Morgan fingerprint density at radius 1 is 1.08 bits per heavy atom. The highest BCUT2D eigenvalue weighted by molar-refractivity contribution is 5.22. The first-order chi connectivity index (χ1) is 11.7. The SMILES string of the molecule is COCCn1cncc1CN1CCN(Cc2cccc(C)c2)CC1. The van der Waals surface area contributed by atoms with Crippen LogP contribution in [0.2, 0.25) is 0 Å². The molecule has 1 saturated heterocycles. The fourth-order valence-corrected chi connectivity index (χ4v) is 3.27. The van der Waals surface area contributed by atoms with E-state index in [9.17, 15) is 0 Å². The average Bonchev–Trinajstić information content (AvgIpc) is 3.02. The van der Waals surface area contributed by atoms with Crippen LogP contribution in [0.4, 0.5) is 0 Å². The van der Waals surface area contributed by atoms with Gasteiger partial charge in [-0.05, 0) is 12.5 Å². The number of hydrogen-bond donors (Lipinski definition) is 0. The Kier molecular flexibility index (Phi) is 6.01. The summed E-state index contributed by atoms with van der Waals surface area (Å²) < 4.78 is 7.37. The molecular formula is C19H28N4O. The molecule has 0 atom stereocenters. The Morgan fingerprint density at radius 3 is 2.54 bits per heavy atom. The topological polar surface area (TPSA) is 33.5 Å². The van der Waals surface area contributed by atoms with Crippen molar-refractivity contribution in [2.45, 2.75) is 26.6 Å². The number of imidazole rings is 1. The van der Waals surface area contributed by atoms with Crippen LogP contribution in [0.25, 0.3) is 0 Å². The molecule has 0 amide bonds. The minimum absolute atomic E-state index is 0.730. The van der Waals surface area contributed by atoms with Gasteiger partial charge < -0.3 is 9.30 Å². The van der Waals surface area contributed by atoms with Crippen molar-refractivity contribution in [3.8, 4) is 0 Å². The predicted molar refractivity (Wildman–Crippen MR) is 95.8 cm³/mol. The van der Waals surface area contributed by atoms with Gasteiger partial charge in [0, 0.05) is 59.1 Å². The highest BCUT2D eigenvalue weighted by Crippen LogP contribution is 2.12. The third-order valence-electron chi connectivity index (χ3n) is 4.67. The quantitative estimate of drug-likeness (QED) is 0.780. The lowest BCUT2D eigenvalue weighted by Crippen LogP contribution is -2.45. The van der Waals surface area contributed by atoms with Gasteiger partial charge in [0.15, 0.2) is 0 Å². The number of rotatable bonds is 7. The number of nitrogens with zero attached hydrogens (tertiary/aromatic N) is 4. The van der Waals surface area contributed by atoms with E-state index in [1.807, 2.05) is 12.5 Å². The molecule has 0 spiro atoms. The van der Waals surface area contributed by atoms with Gasteiger partial charge in [-0.3, -0.25) is 9.80 Å². The molecule has 3 rings (SSSR count). The molecule has 1 aliphatic rings. The second-order valence-corrected chi connectivity index (χ2v) is 6.61. The van der Waals surface area contributed by atoms with Crippen LogP contribution in [0.5, 0.6) is 0 Å². The first-order valence-electron chi connectivity index (χ1n) is 8.73. The number of ether oxygens (including phenoxy) is 1. The number of piperazine rings is 1. The monoisotopic (exact) mass is 328 g/mol. The molecule has 0 N–H and O–H groups in total. The summed E-state index contributed by atoms with van der Waals surface area (Å²) in [5.74, 6) is 0. The van der Waals surface area contributed by atoms with E-state index < -0.39 is 0 Å². The third-order valence-corrected chi connectivity index (χ3v) is 4.67. The number of hydrogen-bond acceptors (Lipinski definition) is 4. The van der Waals surface area contributed by atoms with Gasteiger partial charge in [-0.25, -0.2) is 4.98 Å². The zero-order valence-electron chi connectivity index (χ0n) is 14.8. The minimum Gasteiger partial charge on any atom is -0.383 e. The van der Waals surface area contributed by atoms with Crippen LogP contribution >= 0.6 is 0 Å². The molecule has 0 aliphatic carbocycles. The fraction of sp³-hybridized carbons (Fsp3) is 0.526. The molecule has 1 aromatic carbocycles. The van der Waals surface area contributed by atoms with Crippen LogP contribution in [0.3, 0.4) is 0 Å². The van der Waals surface area contributed by atoms with E-state index in [0.717, 1.165) is 52.4 Å². The number of methoxy groups -OCH3 is 1. The number of aryl methyl sites for hydroxylation is 1. The average molecular weight is 328 g/mol. The molecule has 5 nitrogen and oxygen atoms in total. The van der Waals surface area contributed by atoms with Gasteiger partial charge in [-0.1, -0.05) is 29.8 Å². The maximum atomic E-state index is 5.17. The van der Waals surface area contributed by atoms with Crippen molar-refractivity contribution in [3.05, 3.63) is 53.6 Å². The highest BCUT2D eigenvalue weighted by atomic mass is 16.5. The highest BCUT2D eigenvalue weighted by Gasteiger charge is 2.18. The van der Waals surface area contributed by atoms with E-state index in [2.05, 4.69) is 50.5 Å². The summed E-state index contributed by atoms with van der Waals surface area (Å²) in [5, 5.41) is 0. The van der Waals surface area contributed by atoms with E-state index in [4.69, 9.17) is 4.74 Å². The van der Waals surface area contributed by atoms with E-state index in [-0.39, 0.29) is 0 Å². The fourth-order valence-electron chi connectivity index (χ4n) is 3.27. The Labute approximate surface area is 144 Å². The molecule has 2 aromatic rings. The predicted octanol–water partition coefficient (Wildman–Crippen LogP) is 2.16. The van der Waals surface area contributed by atoms with Crippen molar-refractivity contribution in [3.63, 3.8) is 0 Å². The van der Waals surface area contributed by atoms with Crippen molar-refractivity contribution >= 4 is 0 Å². The Morgan fingerprint density at radius 2 is 1.83 bits per heavy atom. The zero-order chi connectivity index (χ0) is 16.8. The van der Waals surface area contributed by atoms with Crippen LogP contribution in [-0.4, -0.2) is 59.2 Å². The lowest BCUT2D eigenvalue weighted by Gasteiger charge is -2.34. The van der Waals surface area contributed by atoms with Crippen LogP contribution in [0.1, 0.15) is 16.8 Å². The Balaban J connectivity index is 1.48. The largest absolute Gasteiger partial charge is 0.383 e. The lowest BCUT2D eigenvalue weighted by molar-refractivity contribution is 0.119. The molecule has 130 valence electrons. The summed E-state index contributed by atoms with van der Waals surface area (Å²) in [5.41, 5.74) is 4.04. The molecule has 5 heteroatoms. The summed E-state index contributed by atoms with van der Waals surface area (Å²) >= 11 is 0. The van der Waals surface area contributed by atoms with Crippen molar-refractivity contribution in [1.29, 1.82) is 0 Å². The Hall–Kier alpha value is -1.69. The second-order valence-electron chi connectivity index (χ2n) is 6.61. The van der Waals surface area contributed by atoms with E-state index in [1.54, 1.807) is 7.11 Å². The molecule has 0 unspecified atom stereocenters. The van der Waals surface area contributed by atoms with Gasteiger partial charge in [0.25, 0.3) is 0 Å². The summed E-state index contributed by atoms with van der Waals surface area (Å²) in [4.78, 5) is 9.36. The van der Waals surface area contributed by atoms with Gasteiger partial charge in [-0.2, -0.15) is 0 Å². The molecule has 1 aromatic heterocycles. The van der Waals surface area contributed by atoms with Gasteiger partial charge in [-0.15, -0.1) is 0 Å². The summed E-state index contributed by atoms with van der Waals surface area (Å²) in [6.07, 6.45) is 3.89. The summed E-state index contributed by atoms with van der Waals surface area (Å²) in [6, 6.07) is 8.84. The molecule has 0 saturated carbocycles. The van der Waals surface area contributed by atoms with Gasteiger partial charge >= 0.3 is 0 Å². The van der Waals surface area contributed by atoms with Gasteiger partial charge in [0.2, 0.25) is 0 Å². The van der Waals surface area contributed by atoms with E-state index >= 15 is 0 Å². The van der Waals surface area contributed by atoms with Crippen molar-refractivity contribution in [2.75, 3.05) is 39.9 Å². The number of benzene rings is 1. The van der Waals surface area contributed by atoms with Crippen LogP contribution in [0, 0.1) is 6.92 Å². The second kappa shape index (κ2) is 8.42. The van der Waals surface area contributed by atoms with Crippen molar-refractivity contribution in [1.82, 2.24) is 19.4 Å². The molecule has 1 fully saturated rings. The van der Waals surface area contributed by atoms with Crippen molar-refractivity contribution < 1.29 is 4.74 Å². The van der Waals surface area contributed by atoms with E-state index in [0.29, 0.717) is 0 Å². The zero-order valence-corrected chi connectivity index (χ0v) is 14.8. The normalized spacial score (nSPS) is 16.6. The Bertz CT molecular complexity index is 632. The maximum Gasteiger partial charge on any atom is 0.0949 e. The molecular weight excluding hydrogens is 300 g/mol. The standard InChI is InChI=1S/C19H28N4O/c1-17-4-3-5-18(12-17)14-21-6-8-22(9-7-21)15-19-13-20-16-23(19)10-11-24-2/h3-5,12-13,16H,6-11,14-15H2,1-2H3. The van der Waals surface area contributed by atoms with Crippen LogP contribution in [-0.2, 0) is 24.4 Å². The first-order valence-corrected chi connectivity index (χ1v) is 8.73. The molecule has 1 aliphatic heterocycles. The van der Waals surface area contributed by atoms with E-state index in [1.165, 1.54) is 16.8 Å². The molecule has 2 heterocycles. The summed E-state index contributed by atoms with van der Waals surface area (Å²) in [6.45, 7) is 10.3.